The SMILES string of the molecule is Cc1cc(F)cc(C(=O)NCC(C)(C)CCCO)c1. The molecule has 1 aromatic carbocycles. The first-order valence-electron chi connectivity index (χ1n) is 6.50. The van der Waals surface area contributed by atoms with E-state index in [9.17, 15) is 9.18 Å². The third kappa shape index (κ3) is 5.39. The van der Waals surface area contributed by atoms with Crippen LogP contribution in [0.3, 0.4) is 0 Å². The van der Waals surface area contributed by atoms with Crippen LogP contribution in [0, 0.1) is 18.2 Å². The minimum absolute atomic E-state index is 0.0826. The molecule has 0 fully saturated rings. The van der Waals surface area contributed by atoms with Gasteiger partial charge in [-0.15, -0.1) is 0 Å². The highest BCUT2D eigenvalue weighted by Crippen LogP contribution is 2.21. The molecule has 0 atom stereocenters. The Morgan fingerprint density at radius 2 is 2.05 bits per heavy atom. The molecule has 0 aliphatic heterocycles. The molecular formula is C15H22FNO2. The van der Waals surface area contributed by atoms with Crippen molar-refractivity contribution in [2.45, 2.75) is 33.6 Å². The number of benzene rings is 1. The summed E-state index contributed by atoms with van der Waals surface area (Å²) in [5.74, 6) is -0.663. The quantitative estimate of drug-likeness (QED) is 0.832. The molecule has 1 aromatic rings. The van der Waals surface area contributed by atoms with Crippen LogP contribution in [0.4, 0.5) is 4.39 Å². The number of halogens is 1. The van der Waals surface area contributed by atoms with Crippen LogP contribution in [0.25, 0.3) is 0 Å². The van der Waals surface area contributed by atoms with Gasteiger partial charge in [-0.25, -0.2) is 4.39 Å². The Balaban J connectivity index is 2.60. The van der Waals surface area contributed by atoms with E-state index in [1.807, 2.05) is 13.8 Å². The lowest BCUT2D eigenvalue weighted by Crippen LogP contribution is -2.34. The first kappa shape index (κ1) is 15.6. The molecule has 0 radical (unpaired) electrons. The van der Waals surface area contributed by atoms with Gasteiger partial charge in [-0.1, -0.05) is 13.8 Å². The molecule has 0 bridgehead atoms. The third-order valence-corrected chi connectivity index (χ3v) is 3.04. The molecule has 0 aliphatic rings. The second kappa shape index (κ2) is 6.66. The largest absolute Gasteiger partial charge is 0.396 e. The van der Waals surface area contributed by atoms with Crippen LogP contribution in [0.2, 0.25) is 0 Å². The minimum Gasteiger partial charge on any atom is -0.396 e. The van der Waals surface area contributed by atoms with Crippen molar-refractivity contribution in [2.24, 2.45) is 5.41 Å². The van der Waals surface area contributed by atoms with Gasteiger partial charge in [0, 0.05) is 18.7 Å². The number of carbonyl (C=O) groups excluding carboxylic acids is 1. The molecule has 0 aliphatic carbocycles. The molecule has 0 spiro atoms. The number of aliphatic hydroxyl groups excluding tert-OH is 1. The van der Waals surface area contributed by atoms with E-state index in [2.05, 4.69) is 5.32 Å². The number of hydrogen-bond donors (Lipinski definition) is 2. The van der Waals surface area contributed by atoms with Crippen molar-refractivity contribution in [1.82, 2.24) is 5.32 Å². The predicted molar refractivity (Wildman–Crippen MR) is 73.6 cm³/mol. The van der Waals surface area contributed by atoms with E-state index in [0.29, 0.717) is 18.5 Å². The molecule has 0 unspecified atom stereocenters. The average Bonchev–Trinajstić information content (AvgIpc) is 2.32. The summed E-state index contributed by atoms with van der Waals surface area (Å²) >= 11 is 0. The molecule has 4 heteroatoms. The van der Waals surface area contributed by atoms with Crippen molar-refractivity contribution in [3.63, 3.8) is 0 Å². The normalized spacial score (nSPS) is 11.4. The zero-order chi connectivity index (χ0) is 14.5. The van der Waals surface area contributed by atoms with Gasteiger partial charge in [0.15, 0.2) is 0 Å². The summed E-state index contributed by atoms with van der Waals surface area (Å²) in [7, 11) is 0. The molecule has 0 saturated heterocycles. The van der Waals surface area contributed by atoms with Gasteiger partial charge in [0.2, 0.25) is 0 Å². The summed E-state index contributed by atoms with van der Waals surface area (Å²) in [5, 5.41) is 11.6. The van der Waals surface area contributed by atoms with E-state index >= 15 is 0 Å². The monoisotopic (exact) mass is 267 g/mol. The number of hydrogen-bond acceptors (Lipinski definition) is 2. The minimum atomic E-state index is -0.398. The van der Waals surface area contributed by atoms with Gasteiger partial charge in [-0.05, 0) is 48.9 Å². The number of aryl methyl sites for hydroxylation is 1. The topological polar surface area (TPSA) is 49.3 Å². The highest BCUT2D eigenvalue weighted by molar-refractivity contribution is 5.94. The number of aliphatic hydroxyl groups is 1. The summed E-state index contributed by atoms with van der Waals surface area (Å²) in [4.78, 5) is 11.9. The van der Waals surface area contributed by atoms with Crippen LogP contribution in [0.1, 0.15) is 42.6 Å². The van der Waals surface area contributed by atoms with Gasteiger partial charge in [0.25, 0.3) is 5.91 Å². The molecule has 1 amide bonds. The van der Waals surface area contributed by atoms with E-state index in [4.69, 9.17) is 5.11 Å². The molecule has 1 rings (SSSR count). The highest BCUT2D eigenvalue weighted by atomic mass is 19.1. The Kier molecular flexibility index (Phi) is 5.48. The van der Waals surface area contributed by atoms with Crippen LogP contribution in [0.5, 0.6) is 0 Å². The molecule has 106 valence electrons. The van der Waals surface area contributed by atoms with Gasteiger partial charge in [0.05, 0.1) is 0 Å². The van der Waals surface area contributed by atoms with Gasteiger partial charge < -0.3 is 10.4 Å². The maximum Gasteiger partial charge on any atom is 0.251 e. The molecule has 2 N–H and O–H groups in total. The van der Waals surface area contributed by atoms with Crippen LogP contribution < -0.4 is 5.32 Å². The second-order valence-corrected chi connectivity index (χ2v) is 5.69. The van der Waals surface area contributed by atoms with Crippen LogP contribution in [-0.2, 0) is 0 Å². The van der Waals surface area contributed by atoms with E-state index < -0.39 is 5.82 Å². The van der Waals surface area contributed by atoms with Gasteiger partial charge in [-0.3, -0.25) is 4.79 Å². The molecule has 0 aromatic heterocycles. The molecule has 0 saturated carbocycles. The third-order valence-electron chi connectivity index (χ3n) is 3.04. The van der Waals surface area contributed by atoms with E-state index in [1.54, 1.807) is 13.0 Å². The lowest BCUT2D eigenvalue weighted by atomic mass is 9.88. The van der Waals surface area contributed by atoms with Crippen molar-refractivity contribution in [2.75, 3.05) is 13.2 Å². The van der Waals surface area contributed by atoms with Crippen molar-refractivity contribution in [1.29, 1.82) is 0 Å². The lowest BCUT2D eigenvalue weighted by Gasteiger charge is -2.24. The van der Waals surface area contributed by atoms with Gasteiger partial charge >= 0.3 is 0 Å². The highest BCUT2D eigenvalue weighted by Gasteiger charge is 2.19. The summed E-state index contributed by atoms with van der Waals surface area (Å²) in [6, 6.07) is 4.30. The zero-order valence-corrected chi connectivity index (χ0v) is 11.8. The summed E-state index contributed by atoms with van der Waals surface area (Å²) in [6.45, 7) is 6.46. The lowest BCUT2D eigenvalue weighted by molar-refractivity contribution is 0.0932. The van der Waals surface area contributed by atoms with E-state index in [0.717, 1.165) is 12.0 Å². The summed E-state index contributed by atoms with van der Waals surface area (Å²) < 4.78 is 13.2. The van der Waals surface area contributed by atoms with Gasteiger partial charge in [0.1, 0.15) is 5.82 Å². The Hall–Kier alpha value is -1.42. The fraction of sp³-hybridized carbons (Fsp3) is 0.533. The van der Waals surface area contributed by atoms with Crippen LogP contribution in [0.15, 0.2) is 18.2 Å². The number of carbonyl (C=O) groups is 1. The molecule has 3 nitrogen and oxygen atoms in total. The maximum absolute atomic E-state index is 13.2. The standard InChI is InChI=1S/C15H22FNO2/c1-11-7-12(9-13(16)8-11)14(19)17-10-15(2,3)5-4-6-18/h7-9,18H,4-6,10H2,1-3H3,(H,17,19). The summed E-state index contributed by atoms with van der Waals surface area (Å²) in [6.07, 6.45) is 1.54. The first-order chi connectivity index (χ1) is 8.84. The predicted octanol–water partition coefficient (Wildman–Crippen LogP) is 2.66. The van der Waals surface area contributed by atoms with Gasteiger partial charge in [-0.2, -0.15) is 0 Å². The Bertz CT molecular complexity index is 424. The number of rotatable bonds is 6. The fourth-order valence-electron chi connectivity index (χ4n) is 1.94. The van der Waals surface area contributed by atoms with E-state index in [1.165, 1.54) is 12.1 Å². The van der Waals surface area contributed by atoms with Crippen molar-refractivity contribution >= 4 is 5.91 Å². The smallest absolute Gasteiger partial charge is 0.251 e. The number of amides is 1. The van der Waals surface area contributed by atoms with E-state index in [-0.39, 0.29) is 17.9 Å². The molecular weight excluding hydrogens is 245 g/mol. The Morgan fingerprint density at radius 1 is 1.37 bits per heavy atom. The van der Waals surface area contributed by atoms with Crippen molar-refractivity contribution in [3.05, 3.63) is 35.1 Å². The van der Waals surface area contributed by atoms with Crippen molar-refractivity contribution < 1.29 is 14.3 Å². The molecule has 19 heavy (non-hydrogen) atoms. The van der Waals surface area contributed by atoms with Crippen LogP contribution >= 0.6 is 0 Å². The van der Waals surface area contributed by atoms with Crippen molar-refractivity contribution in [3.8, 4) is 0 Å². The molecule has 0 heterocycles. The average molecular weight is 267 g/mol. The fourth-order valence-corrected chi connectivity index (χ4v) is 1.94. The Morgan fingerprint density at radius 3 is 2.63 bits per heavy atom. The second-order valence-electron chi connectivity index (χ2n) is 5.69. The first-order valence-corrected chi connectivity index (χ1v) is 6.50. The zero-order valence-electron chi connectivity index (χ0n) is 11.8. The Labute approximate surface area is 113 Å². The number of nitrogens with one attached hydrogen (secondary N) is 1. The summed E-state index contributed by atoms with van der Waals surface area (Å²) in [5.41, 5.74) is 0.987. The van der Waals surface area contributed by atoms with Crippen LogP contribution in [-0.4, -0.2) is 24.2 Å². The maximum atomic E-state index is 13.2.